The van der Waals surface area contributed by atoms with Gasteiger partial charge in [0.05, 0.1) is 17.7 Å². The van der Waals surface area contributed by atoms with Crippen LogP contribution in [0.25, 0.3) is 0 Å². The number of carbonyl (C=O) groups excluding carboxylic acids is 1. The number of aromatic nitrogens is 4. The van der Waals surface area contributed by atoms with Crippen molar-refractivity contribution in [3.8, 4) is 0 Å². The van der Waals surface area contributed by atoms with Crippen LogP contribution in [0.3, 0.4) is 0 Å². The van der Waals surface area contributed by atoms with Crippen LogP contribution in [0.15, 0.2) is 5.16 Å². The number of tetrazole rings is 1. The van der Waals surface area contributed by atoms with Gasteiger partial charge in [-0.2, -0.15) is 0 Å². The summed E-state index contributed by atoms with van der Waals surface area (Å²) in [5.74, 6) is -1.00. The van der Waals surface area contributed by atoms with E-state index in [2.05, 4.69) is 20.8 Å². The maximum absolute atomic E-state index is 11.7. The van der Waals surface area contributed by atoms with Crippen molar-refractivity contribution in [2.24, 2.45) is 5.92 Å². The standard InChI is InChI=1S/C12H19N5O3S/c1-8(11(19)20)3-2-6-13-10(18)7-21-12-14-15-16-17(12)9-4-5-9/h8-9H,2-7H2,1H3,(H,13,18)(H,19,20). The molecule has 1 saturated carbocycles. The molecule has 116 valence electrons. The zero-order valence-corrected chi connectivity index (χ0v) is 12.7. The molecule has 1 fully saturated rings. The molecule has 1 unspecified atom stereocenters. The van der Waals surface area contributed by atoms with Gasteiger partial charge in [0, 0.05) is 6.54 Å². The number of hydrogen-bond acceptors (Lipinski definition) is 6. The van der Waals surface area contributed by atoms with Gasteiger partial charge in [-0.15, -0.1) is 5.10 Å². The average molecular weight is 313 g/mol. The van der Waals surface area contributed by atoms with E-state index in [9.17, 15) is 9.59 Å². The van der Waals surface area contributed by atoms with Crippen molar-refractivity contribution in [2.75, 3.05) is 12.3 Å². The molecule has 1 amide bonds. The fourth-order valence-corrected chi connectivity index (χ4v) is 2.54. The molecule has 1 aromatic rings. The minimum Gasteiger partial charge on any atom is -0.481 e. The van der Waals surface area contributed by atoms with E-state index in [-0.39, 0.29) is 17.6 Å². The summed E-state index contributed by atoms with van der Waals surface area (Å²) in [6.07, 6.45) is 3.39. The Hall–Kier alpha value is -1.64. The Morgan fingerprint density at radius 2 is 2.29 bits per heavy atom. The molecule has 0 spiro atoms. The van der Waals surface area contributed by atoms with E-state index in [1.165, 1.54) is 11.8 Å². The topological polar surface area (TPSA) is 110 Å². The predicted molar refractivity (Wildman–Crippen MR) is 75.9 cm³/mol. The number of rotatable bonds is 9. The van der Waals surface area contributed by atoms with Crippen LogP contribution in [0.4, 0.5) is 0 Å². The van der Waals surface area contributed by atoms with Gasteiger partial charge in [-0.3, -0.25) is 9.59 Å². The molecular formula is C12H19N5O3S. The van der Waals surface area contributed by atoms with Crippen LogP contribution in [0.1, 0.15) is 38.6 Å². The summed E-state index contributed by atoms with van der Waals surface area (Å²) in [5, 5.41) is 23.6. The second-order valence-corrected chi connectivity index (χ2v) is 6.10. The van der Waals surface area contributed by atoms with Gasteiger partial charge in [0.15, 0.2) is 0 Å². The Labute approximate surface area is 126 Å². The van der Waals surface area contributed by atoms with Crippen molar-refractivity contribution >= 4 is 23.6 Å². The molecular weight excluding hydrogens is 294 g/mol. The molecule has 1 aliphatic carbocycles. The van der Waals surface area contributed by atoms with Crippen molar-refractivity contribution < 1.29 is 14.7 Å². The third-order valence-electron chi connectivity index (χ3n) is 3.25. The van der Waals surface area contributed by atoms with E-state index in [0.29, 0.717) is 30.6 Å². The lowest BCUT2D eigenvalue weighted by Gasteiger charge is -2.07. The SMILES string of the molecule is CC(CCCNC(=O)CSc1nnnn1C1CC1)C(=O)O. The summed E-state index contributed by atoms with van der Waals surface area (Å²) in [7, 11) is 0. The highest BCUT2D eigenvalue weighted by Crippen LogP contribution is 2.36. The Bertz CT molecular complexity index is 503. The second kappa shape index (κ2) is 7.39. The van der Waals surface area contributed by atoms with Crippen LogP contribution in [-0.4, -0.2) is 49.5 Å². The van der Waals surface area contributed by atoms with E-state index in [1.54, 1.807) is 11.6 Å². The molecule has 0 bridgehead atoms. The highest BCUT2D eigenvalue weighted by atomic mass is 32.2. The predicted octanol–water partition coefficient (Wildman–Crippen LogP) is 0.717. The molecule has 0 aliphatic heterocycles. The van der Waals surface area contributed by atoms with Gasteiger partial charge in [-0.05, 0) is 36.1 Å². The molecule has 0 radical (unpaired) electrons. The summed E-state index contributed by atoms with van der Waals surface area (Å²) in [6, 6.07) is 0.392. The van der Waals surface area contributed by atoms with Crippen LogP contribution in [-0.2, 0) is 9.59 Å². The van der Waals surface area contributed by atoms with Crippen LogP contribution in [0.5, 0.6) is 0 Å². The fourth-order valence-electron chi connectivity index (χ4n) is 1.77. The minimum absolute atomic E-state index is 0.0895. The Morgan fingerprint density at radius 3 is 2.95 bits per heavy atom. The van der Waals surface area contributed by atoms with Gasteiger partial charge in [0.1, 0.15) is 0 Å². The van der Waals surface area contributed by atoms with Crippen LogP contribution < -0.4 is 5.32 Å². The molecule has 2 rings (SSSR count). The minimum atomic E-state index is -0.802. The molecule has 2 N–H and O–H groups in total. The van der Waals surface area contributed by atoms with Gasteiger partial charge >= 0.3 is 5.97 Å². The van der Waals surface area contributed by atoms with Gasteiger partial charge in [0.2, 0.25) is 11.1 Å². The molecule has 21 heavy (non-hydrogen) atoms. The lowest BCUT2D eigenvalue weighted by atomic mass is 10.1. The maximum Gasteiger partial charge on any atom is 0.306 e. The van der Waals surface area contributed by atoms with Gasteiger partial charge in [-0.1, -0.05) is 18.7 Å². The zero-order chi connectivity index (χ0) is 15.2. The average Bonchev–Trinajstić information content (AvgIpc) is 3.19. The smallest absolute Gasteiger partial charge is 0.306 e. The quantitative estimate of drug-likeness (QED) is 0.510. The summed E-state index contributed by atoms with van der Waals surface area (Å²) >= 11 is 1.32. The van der Waals surface area contributed by atoms with Gasteiger partial charge in [-0.25, -0.2) is 4.68 Å². The highest BCUT2D eigenvalue weighted by Gasteiger charge is 2.28. The third kappa shape index (κ3) is 5.00. The van der Waals surface area contributed by atoms with Gasteiger partial charge < -0.3 is 10.4 Å². The number of nitrogens with one attached hydrogen (secondary N) is 1. The molecule has 0 saturated heterocycles. The molecule has 8 nitrogen and oxygen atoms in total. The lowest BCUT2D eigenvalue weighted by molar-refractivity contribution is -0.141. The highest BCUT2D eigenvalue weighted by molar-refractivity contribution is 7.99. The summed E-state index contributed by atoms with van der Waals surface area (Å²) in [6.45, 7) is 2.16. The van der Waals surface area contributed by atoms with Crippen molar-refractivity contribution in [1.29, 1.82) is 0 Å². The van der Waals surface area contributed by atoms with Crippen molar-refractivity contribution in [1.82, 2.24) is 25.5 Å². The Kier molecular flexibility index (Phi) is 5.54. The van der Waals surface area contributed by atoms with E-state index < -0.39 is 5.97 Å². The molecule has 9 heteroatoms. The monoisotopic (exact) mass is 313 g/mol. The first-order chi connectivity index (χ1) is 10.1. The van der Waals surface area contributed by atoms with E-state index in [4.69, 9.17) is 5.11 Å². The first-order valence-corrected chi connectivity index (χ1v) is 7.96. The second-order valence-electron chi connectivity index (χ2n) is 5.16. The maximum atomic E-state index is 11.7. The van der Waals surface area contributed by atoms with E-state index in [0.717, 1.165) is 12.8 Å². The van der Waals surface area contributed by atoms with Crippen LogP contribution >= 0.6 is 11.8 Å². The summed E-state index contributed by atoms with van der Waals surface area (Å²) < 4.78 is 1.77. The number of hydrogen-bond donors (Lipinski definition) is 2. The first-order valence-electron chi connectivity index (χ1n) is 6.98. The number of thioether (sulfide) groups is 1. The molecule has 1 aromatic heterocycles. The first kappa shape index (κ1) is 15.7. The number of carboxylic acids is 1. The Balaban J connectivity index is 1.61. The van der Waals surface area contributed by atoms with Crippen molar-refractivity contribution in [2.45, 2.75) is 43.8 Å². The van der Waals surface area contributed by atoms with Crippen molar-refractivity contribution in [3.63, 3.8) is 0 Å². The lowest BCUT2D eigenvalue weighted by Crippen LogP contribution is -2.27. The molecule has 1 aliphatic rings. The fraction of sp³-hybridized carbons (Fsp3) is 0.750. The largest absolute Gasteiger partial charge is 0.481 e. The third-order valence-corrected chi connectivity index (χ3v) is 4.18. The van der Waals surface area contributed by atoms with E-state index in [1.807, 2.05) is 0 Å². The molecule has 1 atom stereocenters. The number of aliphatic carboxylic acids is 1. The number of carboxylic acid groups (broad SMARTS) is 1. The molecule has 0 aromatic carbocycles. The number of amides is 1. The number of nitrogens with zero attached hydrogens (tertiary/aromatic N) is 4. The van der Waals surface area contributed by atoms with Crippen LogP contribution in [0.2, 0.25) is 0 Å². The van der Waals surface area contributed by atoms with Crippen molar-refractivity contribution in [3.05, 3.63) is 0 Å². The van der Waals surface area contributed by atoms with Gasteiger partial charge in [0.25, 0.3) is 0 Å². The normalized spacial score (nSPS) is 15.7. The van der Waals surface area contributed by atoms with E-state index >= 15 is 0 Å². The Morgan fingerprint density at radius 1 is 1.52 bits per heavy atom. The molecule has 1 heterocycles. The summed E-state index contributed by atoms with van der Waals surface area (Å²) in [5.41, 5.74) is 0. The zero-order valence-electron chi connectivity index (χ0n) is 11.9. The van der Waals surface area contributed by atoms with Crippen LogP contribution in [0, 0.1) is 5.92 Å². The number of carbonyl (C=O) groups is 2. The summed E-state index contributed by atoms with van der Waals surface area (Å²) in [4.78, 5) is 22.3.